The summed E-state index contributed by atoms with van der Waals surface area (Å²) in [7, 11) is -4.01. The summed E-state index contributed by atoms with van der Waals surface area (Å²) < 4.78 is 39.7. The van der Waals surface area contributed by atoms with Gasteiger partial charge in [-0.25, -0.2) is 12.8 Å². The van der Waals surface area contributed by atoms with Crippen LogP contribution in [0.25, 0.3) is 0 Å². The van der Waals surface area contributed by atoms with Gasteiger partial charge in [-0.3, -0.25) is 14.9 Å². The van der Waals surface area contributed by atoms with E-state index in [1.54, 1.807) is 0 Å². The summed E-state index contributed by atoms with van der Waals surface area (Å²) in [6.07, 6.45) is 0.138. The smallest absolute Gasteiger partial charge is 0.244 e. The van der Waals surface area contributed by atoms with Gasteiger partial charge in [0.1, 0.15) is 11.9 Å². The van der Waals surface area contributed by atoms with E-state index in [9.17, 15) is 22.4 Å². The van der Waals surface area contributed by atoms with E-state index in [1.165, 1.54) is 19.1 Å². The number of rotatable bonds is 3. The number of benzene rings is 1. The number of carbonyl (C=O) groups excluding carboxylic acids is 2. The molecule has 2 N–H and O–H groups in total. The van der Waals surface area contributed by atoms with Gasteiger partial charge in [-0.1, -0.05) is 6.07 Å². The number of amides is 2. The molecular formula is C12H13FN2O4S. The van der Waals surface area contributed by atoms with Crippen molar-refractivity contribution in [2.24, 2.45) is 0 Å². The van der Waals surface area contributed by atoms with E-state index in [-0.39, 0.29) is 17.7 Å². The van der Waals surface area contributed by atoms with Gasteiger partial charge in [-0.05, 0) is 31.0 Å². The Labute approximate surface area is 115 Å². The van der Waals surface area contributed by atoms with Gasteiger partial charge in [0.25, 0.3) is 0 Å². The lowest BCUT2D eigenvalue weighted by atomic mass is 10.1. The first kappa shape index (κ1) is 14.6. The van der Waals surface area contributed by atoms with Gasteiger partial charge >= 0.3 is 0 Å². The maximum absolute atomic E-state index is 13.4. The monoisotopic (exact) mass is 300 g/mol. The van der Waals surface area contributed by atoms with Crippen molar-refractivity contribution < 1.29 is 22.4 Å². The molecule has 0 saturated carbocycles. The number of imide groups is 1. The quantitative estimate of drug-likeness (QED) is 0.781. The molecule has 6 nitrogen and oxygen atoms in total. The lowest BCUT2D eigenvalue weighted by Gasteiger charge is -2.21. The van der Waals surface area contributed by atoms with Gasteiger partial charge in [0.15, 0.2) is 0 Å². The van der Waals surface area contributed by atoms with Crippen molar-refractivity contribution in [3.05, 3.63) is 29.6 Å². The summed E-state index contributed by atoms with van der Waals surface area (Å²) in [6.45, 7) is 1.51. The summed E-state index contributed by atoms with van der Waals surface area (Å²) in [4.78, 5) is 22.2. The van der Waals surface area contributed by atoms with Gasteiger partial charge in [-0.2, -0.15) is 4.72 Å². The van der Waals surface area contributed by atoms with Gasteiger partial charge < -0.3 is 0 Å². The first-order valence-electron chi connectivity index (χ1n) is 5.92. The lowest BCUT2D eigenvalue weighted by Crippen LogP contribution is -2.52. The van der Waals surface area contributed by atoms with E-state index >= 15 is 0 Å². The zero-order chi connectivity index (χ0) is 14.9. The van der Waals surface area contributed by atoms with Crippen molar-refractivity contribution in [2.45, 2.75) is 30.7 Å². The zero-order valence-electron chi connectivity index (χ0n) is 10.6. The molecule has 0 aromatic heterocycles. The molecule has 1 fully saturated rings. The average molecular weight is 300 g/mol. The Balaban J connectivity index is 2.21. The van der Waals surface area contributed by atoms with Crippen LogP contribution in [0.5, 0.6) is 0 Å². The standard InChI is InChI=1S/C12H13FN2O4S/c1-7-2-3-8(6-9(7)13)20(18,19)15-10-4-5-11(16)14-12(10)17/h2-3,6,10,15H,4-5H2,1H3,(H,14,16,17). The first-order chi connectivity index (χ1) is 9.29. The zero-order valence-corrected chi connectivity index (χ0v) is 11.5. The van der Waals surface area contributed by atoms with Crippen molar-refractivity contribution in [3.63, 3.8) is 0 Å². The van der Waals surface area contributed by atoms with Crippen LogP contribution < -0.4 is 10.0 Å². The van der Waals surface area contributed by atoms with Gasteiger partial charge in [0.05, 0.1) is 4.90 Å². The van der Waals surface area contributed by atoms with E-state index in [0.29, 0.717) is 5.56 Å². The second-order valence-corrected chi connectivity index (χ2v) is 6.25. The molecule has 108 valence electrons. The summed E-state index contributed by atoms with van der Waals surface area (Å²) in [6, 6.07) is 2.46. The number of halogens is 1. The lowest BCUT2D eigenvalue weighted by molar-refractivity contribution is -0.134. The van der Waals surface area contributed by atoms with E-state index in [0.717, 1.165) is 6.07 Å². The van der Waals surface area contributed by atoms with Crippen LogP contribution in [0.3, 0.4) is 0 Å². The molecule has 1 aliphatic rings. The maximum atomic E-state index is 13.4. The van der Waals surface area contributed by atoms with Crippen LogP contribution in [-0.4, -0.2) is 26.3 Å². The molecule has 1 aromatic carbocycles. The van der Waals surface area contributed by atoms with E-state index in [2.05, 4.69) is 4.72 Å². The third kappa shape index (κ3) is 3.02. The highest BCUT2D eigenvalue weighted by Crippen LogP contribution is 2.16. The topological polar surface area (TPSA) is 92.3 Å². The Kier molecular flexibility index (Phi) is 3.87. The second kappa shape index (κ2) is 5.29. The minimum Gasteiger partial charge on any atom is -0.295 e. The SMILES string of the molecule is Cc1ccc(S(=O)(=O)NC2CCC(=O)NC2=O)cc1F. The Bertz CT molecular complexity index is 672. The maximum Gasteiger partial charge on any atom is 0.244 e. The Morgan fingerprint density at radius 2 is 2.05 bits per heavy atom. The molecule has 1 saturated heterocycles. The normalized spacial score (nSPS) is 19.8. The van der Waals surface area contributed by atoms with Crippen LogP contribution in [-0.2, 0) is 19.6 Å². The Morgan fingerprint density at radius 1 is 1.35 bits per heavy atom. The fourth-order valence-corrected chi connectivity index (χ4v) is 3.04. The summed E-state index contributed by atoms with van der Waals surface area (Å²) in [5.41, 5.74) is 0.324. The highest BCUT2D eigenvalue weighted by Gasteiger charge is 2.30. The molecule has 20 heavy (non-hydrogen) atoms. The van der Waals surface area contributed by atoms with Gasteiger partial charge in [0, 0.05) is 6.42 Å². The summed E-state index contributed by atoms with van der Waals surface area (Å²) in [5, 5.41) is 2.05. The number of sulfonamides is 1. The highest BCUT2D eigenvalue weighted by molar-refractivity contribution is 7.89. The van der Waals surface area contributed by atoms with Crippen LogP contribution in [0.2, 0.25) is 0 Å². The van der Waals surface area contributed by atoms with Gasteiger partial charge in [0.2, 0.25) is 21.8 Å². The highest BCUT2D eigenvalue weighted by atomic mass is 32.2. The molecule has 1 aromatic rings. The molecule has 2 rings (SSSR count). The molecule has 0 aliphatic carbocycles. The van der Waals surface area contributed by atoms with Crippen molar-refractivity contribution in [1.29, 1.82) is 0 Å². The molecular weight excluding hydrogens is 287 g/mol. The van der Waals surface area contributed by atoms with E-state index < -0.39 is 33.7 Å². The second-order valence-electron chi connectivity index (χ2n) is 4.54. The molecule has 2 amide bonds. The molecule has 1 atom stereocenters. The molecule has 8 heteroatoms. The molecule has 0 radical (unpaired) electrons. The third-order valence-corrected chi connectivity index (χ3v) is 4.46. The minimum absolute atomic E-state index is 0.0567. The van der Waals surface area contributed by atoms with Crippen LogP contribution >= 0.6 is 0 Å². The molecule has 1 heterocycles. The number of piperidine rings is 1. The predicted octanol–water partition coefficient (Wildman–Crippen LogP) is 0.218. The fourth-order valence-electron chi connectivity index (χ4n) is 1.80. The van der Waals surface area contributed by atoms with Crippen LogP contribution in [0.15, 0.2) is 23.1 Å². The number of carbonyl (C=O) groups is 2. The Hall–Kier alpha value is -1.80. The number of nitrogens with one attached hydrogen (secondary N) is 2. The van der Waals surface area contributed by atoms with E-state index in [1.807, 2.05) is 5.32 Å². The average Bonchev–Trinajstić information content (AvgIpc) is 2.36. The number of hydrogen-bond acceptors (Lipinski definition) is 4. The fraction of sp³-hybridized carbons (Fsp3) is 0.333. The summed E-state index contributed by atoms with van der Waals surface area (Å²) in [5.74, 6) is -1.78. The predicted molar refractivity (Wildman–Crippen MR) is 67.6 cm³/mol. The molecule has 0 bridgehead atoms. The van der Waals surface area contributed by atoms with Crippen LogP contribution in [0.1, 0.15) is 18.4 Å². The van der Waals surface area contributed by atoms with Gasteiger partial charge in [-0.15, -0.1) is 0 Å². The molecule has 1 unspecified atom stereocenters. The Morgan fingerprint density at radius 3 is 2.65 bits per heavy atom. The minimum atomic E-state index is -4.01. The van der Waals surface area contributed by atoms with Crippen LogP contribution in [0.4, 0.5) is 4.39 Å². The van der Waals surface area contributed by atoms with Crippen molar-refractivity contribution in [2.75, 3.05) is 0 Å². The van der Waals surface area contributed by atoms with Crippen molar-refractivity contribution >= 4 is 21.8 Å². The summed E-state index contributed by atoms with van der Waals surface area (Å²) >= 11 is 0. The van der Waals surface area contributed by atoms with Crippen molar-refractivity contribution in [1.82, 2.24) is 10.0 Å². The molecule has 1 aliphatic heterocycles. The number of hydrogen-bond donors (Lipinski definition) is 2. The van der Waals surface area contributed by atoms with Crippen LogP contribution in [0, 0.1) is 12.7 Å². The van der Waals surface area contributed by atoms with E-state index in [4.69, 9.17) is 0 Å². The largest absolute Gasteiger partial charge is 0.295 e. The first-order valence-corrected chi connectivity index (χ1v) is 7.40. The third-order valence-electron chi connectivity index (χ3n) is 2.99. The molecule has 0 spiro atoms. The van der Waals surface area contributed by atoms with Crippen molar-refractivity contribution in [3.8, 4) is 0 Å². The number of aryl methyl sites for hydroxylation is 1.